The first-order chi connectivity index (χ1) is 8.69. The van der Waals surface area contributed by atoms with Gasteiger partial charge in [-0.1, -0.05) is 35.6 Å². The number of aromatic nitrogens is 1. The largest absolute Gasteiger partial charge is 0.360 e. The number of hydrogen-bond donors (Lipinski definition) is 1. The Kier molecular flexibility index (Phi) is 4.71. The third-order valence-electron chi connectivity index (χ3n) is 2.34. The van der Waals surface area contributed by atoms with Gasteiger partial charge in [0.25, 0.3) is 0 Å². The molecule has 1 amide bonds. The number of amides is 1. The normalized spacial score (nSPS) is 16.4. The fourth-order valence-electron chi connectivity index (χ4n) is 1.46. The summed E-state index contributed by atoms with van der Waals surface area (Å²) in [6.07, 6.45) is 0.757. The Labute approximate surface area is 114 Å². The maximum absolute atomic E-state index is 12.1. The molecule has 1 aliphatic rings. The standard InChI is InChI=1S/C11H15N3O2S2/c1-3-8(18-11-12-4-5-17-11)10(15)13-9-6-7(2)16-14-9/h6,8H,3-5H2,1-2H3,(H,13,14,15). The average molecular weight is 285 g/mol. The summed E-state index contributed by atoms with van der Waals surface area (Å²) in [5.41, 5.74) is 0. The number of rotatable bonds is 4. The van der Waals surface area contributed by atoms with Crippen molar-refractivity contribution < 1.29 is 9.32 Å². The molecule has 5 nitrogen and oxygen atoms in total. The van der Waals surface area contributed by atoms with Gasteiger partial charge < -0.3 is 9.84 Å². The number of aliphatic imine (C=N–C) groups is 1. The van der Waals surface area contributed by atoms with Gasteiger partial charge in [-0.15, -0.1) is 0 Å². The Hall–Kier alpha value is -0.950. The van der Waals surface area contributed by atoms with E-state index in [2.05, 4.69) is 15.5 Å². The molecule has 0 saturated carbocycles. The van der Waals surface area contributed by atoms with Crippen LogP contribution in [0.1, 0.15) is 19.1 Å². The summed E-state index contributed by atoms with van der Waals surface area (Å²) in [7, 11) is 0. The zero-order valence-corrected chi connectivity index (χ0v) is 11.9. The molecule has 18 heavy (non-hydrogen) atoms. The van der Waals surface area contributed by atoms with Crippen LogP contribution >= 0.6 is 23.5 Å². The predicted molar refractivity (Wildman–Crippen MR) is 76.3 cm³/mol. The summed E-state index contributed by atoms with van der Waals surface area (Å²) in [5, 5.41) is 6.38. The van der Waals surface area contributed by atoms with Crippen LogP contribution in [0.2, 0.25) is 0 Å². The fourth-order valence-corrected chi connectivity index (χ4v) is 3.62. The van der Waals surface area contributed by atoms with E-state index in [1.165, 1.54) is 11.8 Å². The van der Waals surface area contributed by atoms with Crippen molar-refractivity contribution >= 4 is 39.6 Å². The molecule has 0 saturated heterocycles. The molecule has 0 bridgehead atoms. The van der Waals surface area contributed by atoms with E-state index in [0.29, 0.717) is 11.6 Å². The number of aryl methyl sites for hydroxylation is 1. The Morgan fingerprint density at radius 1 is 1.72 bits per heavy atom. The number of thioether (sulfide) groups is 2. The molecule has 7 heteroatoms. The molecule has 0 aliphatic carbocycles. The van der Waals surface area contributed by atoms with Gasteiger partial charge in [-0.3, -0.25) is 9.79 Å². The molecule has 0 spiro atoms. The van der Waals surface area contributed by atoms with Crippen LogP contribution < -0.4 is 5.32 Å². The smallest absolute Gasteiger partial charge is 0.239 e. The van der Waals surface area contributed by atoms with Gasteiger partial charge in [0, 0.05) is 11.8 Å². The van der Waals surface area contributed by atoms with Crippen LogP contribution in [-0.4, -0.2) is 33.0 Å². The van der Waals surface area contributed by atoms with Crippen molar-refractivity contribution in [2.24, 2.45) is 4.99 Å². The monoisotopic (exact) mass is 285 g/mol. The third kappa shape index (κ3) is 3.52. The summed E-state index contributed by atoms with van der Waals surface area (Å²) >= 11 is 3.24. The third-order valence-corrected chi connectivity index (χ3v) is 4.91. The van der Waals surface area contributed by atoms with E-state index in [0.717, 1.165) is 23.1 Å². The van der Waals surface area contributed by atoms with Crippen LogP contribution in [0.15, 0.2) is 15.6 Å². The molecule has 98 valence electrons. The molecule has 0 fully saturated rings. The van der Waals surface area contributed by atoms with Crippen LogP contribution in [0.4, 0.5) is 5.82 Å². The molecule has 2 rings (SSSR count). The minimum atomic E-state index is -0.133. The number of carbonyl (C=O) groups is 1. The first-order valence-electron chi connectivity index (χ1n) is 5.77. The molecule has 2 heterocycles. The molecule has 1 N–H and O–H groups in total. The fraction of sp³-hybridized carbons (Fsp3) is 0.545. The summed E-state index contributed by atoms with van der Waals surface area (Å²) in [6.45, 7) is 4.64. The second-order valence-corrected chi connectivity index (χ2v) is 6.36. The van der Waals surface area contributed by atoms with Gasteiger partial charge in [0.05, 0.1) is 11.8 Å². The lowest BCUT2D eigenvalue weighted by molar-refractivity contribution is -0.115. The van der Waals surface area contributed by atoms with Gasteiger partial charge in [0.1, 0.15) is 10.1 Å². The quantitative estimate of drug-likeness (QED) is 0.920. The minimum absolute atomic E-state index is 0.0500. The van der Waals surface area contributed by atoms with E-state index in [-0.39, 0.29) is 11.2 Å². The molecule has 1 unspecified atom stereocenters. The highest BCUT2D eigenvalue weighted by Gasteiger charge is 2.22. The van der Waals surface area contributed by atoms with Gasteiger partial charge in [0.15, 0.2) is 5.82 Å². The van der Waals surface area contributed by atoms with Crippen molar-refractivity contribution in [3.8, 4) is 0 Å². The van der Waals surface area contributed by atoms with E-state index < -0.39 is 0 Å². The maximum Gasteiger partial charge on any atom is 0.239 e. The lowest BCUT2D eigenvalue weighted by atomic mass is 10.3. The molecule has 1 aliphatic heterocycles. The van der Waals surface area contributed by atoms with Crippen molar-refractivity contribution in [2.75, 3.05) is 17.6 Å². The van der Waals surface area contributed by atoms with Crippen LogP contribution in [-0.2, 0) is 4.79 Å². The van der Waals surface area contributed by atoms with Gasteiger partial charge in [-0.05, 0) is 13.3 Å². The molecule has 1 aromatic heterocycles. The summed E-state index contributed by atoms with van der Waals surface area (Å²) in [5.74, 6) is 2.12. The van der Waals surface area contributed by atoms with E-state index in [9.17, 15) is 4.79 Å². The summed E-state index contributed by atoms with van der Waals surface area (Å²) < 4.78 is 5.92. The number of nitrogens with one attached hydrogen (secondary N) is 1. The lowest BCUT2D eigenvalue weighted by Crippen LogP contribution is -2.25. The highest BCUT2D eigenvalue weighted by Crippen LogP contribution is 2.28. The Bertz CT molecular complexity index is 459. The van der Waals surface area contributed by atoms with Crippen molar-refractivity contribution in [2.45, 2.75) is 25.5 Å². The Balaban J connectivity index is 1.92. The van der Waals surface area contributed by atoms with E-state index >= 15 is 0 Å². The minimum Gasteiger partial charge on any atom is -0.360 e. The maximum atomic E-state index is 12.1. The zero-order valence-electron chi connectivity index (χ0n) is 10.3. The van der Waals surface area contributed by atoms with Crippen molar-refractivity contribution in [1.82, 2.24) is 5.16 Å². The van der Waals surface area contributed by atoms with Crippen LogP contribution in [0, 0.1) is 6.92 Å². The summed E-state index contributed by atoms with van der Waals surface area (Å²) in [4.78, 5) is 16.4. The van der Waals surface area contributed by atoms with Gasteiger partial charge in [-0.2, -0.15) is 0 Å². The lowest BCUT2D eigenvalue weighted by Gasteiger charge is -2.12. The van der Waals surface area contributed by atoms with Crippen molar-refractivity contribution in [3.05, 3.63) is 11.8 Å². The van der Waals surface area contributed by atoms with Gasteiger partial charge in [0.2, 0.25) is 5.91 Å². The van der Waals surface area contributed by atoms with E-state index in [1.807, 2.05) is 6.92 Å². The highest BCUT2D eigenvalue weighted by atomic mass is 32.2. The second kappa shape index (κ2) is 6.29. The van der Waals surface area contributed by atoms with E-state index in [1.54, 1.807) is 24.8 Å². The second-order valence-electron chi connectivity index (χ2n) is 3.82. The summed E-state index contributed by atoms with van der Waals surface area (Å²) in [6, 6.07) is 1.71. The van der Waals surface area contributed by atoms with Crippen LogP contribution in [0.5, 0.6) is 0 Å². The van der Waals surface area contributed by atoms with Crippen molar-refractivity contribution in [3.63, 3.8) is 0 Å². The number of hydrogen-bond acceptors (Lipinski definition) is 6. The van der Waals surface area contributed by atoms with Crippen LogP contribution in [0.25, 0.3) is 0 Å². The van der Waals surface area contributed by atoms with Gasteiger partial charge in [-0.25, -0.2) is 0 Å². The Morgan fingerprint density at radius 3 is 3.11 bits per heavy atom. The number of nitrogens with zero attached hydrogens (tertiary/aromatic N) is 2. The average Bonchev–Trinajstić information content (AvgIpc) is 2.97. The van der Waals surface area contributed by atoms with Gasteiger partial charge >= 0.3 is 0 Å². The topological polar surface area (TPSA) is 67.5 Å². The SMILES string of the molecule is CCC(SC1=NCCS1)C(=O)Nc1cc(C)on1. The molecule has 0 aromatic carbocycles. The molecule has 1 aromatic rings. The first-order valence-corrected chi connectivity index (χ1v) is 7.63. The number of carbonyl (C=O) groups excluding carboxylic acids is 1. The molecule has 1 atom stereocenters. The Morgan fingerprint density at radius 2 is 2.56 bits per heavy atom. The molecular weight excluding hydrogens is 270 g/mol. The highest BCUT2D eigenvalue weighted by molar-refractivity contribution is 8.39. The molecule has 0 radical (unpaired) electrons. The zero-order chi connectivity index (χ0) is 13.0. The van der Waals surface area contributed by atoms with Crippen LogP contribution in [0.3, 0.4) is 0 Å². The molecular formula is C11H15N3O2S2. The predicted octanol–water partition coefficient (Wildman–Crippen LogP) is 2.54. The van der Waals surface area contributed by atoms with E-state index in [4.69, 9.17) is 4.52 Å². The number of anilines is 1. The first kappa shape index (κ1) is 13.5. The van der Waals surface area contributed by atoms with Crippen molar-refractivity contribution in [1.29, 1.82) is 0 Å².